The van der Waals surface area contributed by atoms with Crippen molar-refractivity contribution in [2.45, 2.75) is 18.9 Å². The van der Waals surface area contributed by atoms with E-state index in [1.54, 1.807) is 0 Å². The van der Waals surface area contributed by atoms with Crippen LogP contribution in [0.1, 0.15) is 18.4 Å². The Morgan fingerprint density at radius 1 is 1.12 bits per heavy atom. The Morgan fingerprint density at radius 2 is 1.88 bits per heavy atom. The second kappa shape index (κ2) is 6.05. The van der Waals surface area contributed by atoms with Gasteiger partial charge in [-0.25, -0.2) is 0 Å². The molecular formula is C18H15N3O2S. The van der Waals surface area contributed by atoms with E-state index in [0.717, 1.165) is 16.9 Å². The number of anilines is 1. The Bertz CT molecular complexity index is 879. The van der Waals surface area contributed by atoms with Crippen LogP contribution in [-0.2, 0) is 4.79 Å². The maximum Gasteiger partial charge on any atom is 0.267 e. The fourth-order valence-electron chi connectivity index (χ4n) is 2.80. The molecule has 0 spiro atoms. The highest BCUT2D eigenvalue weighted by atomic mass is 32.1. The molecular weight excluding hydrogens is 322 g/mol. The van der Waals surface area contributed by atoms with Gasteiger partial charge in [-0.05, 0) is 6.07 Å². The van der Waals surface area contributed by atoms with Crippen LogP contribution in [0.3, 0.4) is 0 Å². The predicted octanol–water partition coefficient (Wildman–Crippen LogP) is 3.71. The summed E-state index contributed by atoms with van der Waals surface area (Å²) in [5.74, 6) is 1.18. The molecule has 2 heterocycles. The molecule has 0 aliphatic carbocycles. The van der Waals surface area contributed by atoms with E-state index in [9.17, 15) is 4.79 Å². The molecule has 6 heteroatoms. The third kappa shape index (κ3) is 2.65. The van der Waals surface area contributed by atoms with Gasteiger partial charge in [-0.2, -0.15) is 9.36 Å². The molecule has 0 unspecified atom stereocenters. The lowest BCUT2D eigenvalue weighted by Crippen LogP contribution is -2.33. The number of nitrogens with zero attached hydrogens (tertiary/aromatic N) is 2. The Hall–Kier alpha value is -2.73. The maximum atomic E-state index is 12.5. The van der Waals surface area contributed by atoms with Crippen LogP contribution in [0.15, 0.2) is 54.6 Å². The number of para-hydroxylation sites is 1. The SMILES string of the molecule is C[C@H]1c2ccccc2O[C@@H]1C(=O)Nc1nc(-c2ccccc2)ns1. The fourth-order valence-corrected chi connectivity index (χ4v) is 3.39. The van der Waals surface area contributed by atoms with Gasteiger partial charge in [0.2, 0.25) is 5.13 Å². The third-order valence-corrected chi connectivity index (χ3v) is 4.69. The maximum absolute atomic E-state index is 12.5. The number of carbonyl (C=O) groups is 1. The molecule has 24 heavy (non-hydrogen) atoms. The van der Waals surface area contributed by atoms with Crippen molar-refractivity contribution in [3.05, 3.63) is 60.2 Å². The van der Waals surface area contributed by atoms with E-state index in [4.69, 9.17) is 4.74 Å². The largest absolute Gasteiger partial charge is 0.480 e. The molecule has 1 aromatic heterocycles. The zero-order valence-corrected chi connectivity index (χ0v) is 13.8. The van der Waals surface area contributed by atoms with Crippen molar-refractivity contribution in [1.82, 2.24) is 9.36 Å². The first-order valence-corrected chi connectivity index (χ1v) is 8.45. The van der Waals surface area contributed by atoms with Gasteiger partial charge in [-0.1, -0.05) is 55.5 Å². The topological polar surface area (TPSA) is 64.1 Å². The molecule has 0 bridgehead atoms. The molecule has 4 rings (SSSR count). The molecule has 0 saturated carbocycles. The minimum atomic E-state index is -0.550. The first kappa shape index (κ1) is 14.8. The van der Waals surface area contributed by atoms with Crippen LogP contribution in [0.5, 0.6) is 5.75 Å². The van der Waals surface area contributed by atoms with Crippen LogP contribution >= 0.6 is 11.5 Å². The molecule has 1 aliphatic heterocycles. The van der Waals surface area contributed by atoms with Crippen molar-refractivity contribution < 1.29 is 9.53 Å². The standard InChI is InChI=1S/C18H15N3O2S/c1-11-13-9-5-6-10-14(13)23-15(11)17(22)20-18-19-16(21-24-18)12-7-3-2-4-8-12/h2-11,15H,1H3,(H,19,20,21,22)/t11-,15-/m0/s1. The minimum absolute atomic E-state index is 0.00251. The van der Waals surface area contributed by atoms with Crippen LogP contribution in [0.4, 0.5) is 5.13 Å². The summed E-state index contributed by atoms with van der Waals surface area (Å²) in [5, 5.41) is 3.30. The molecule has 0 radical (unpaired) electrons. The number of hydrogen-bond donors (Lipinski definition) is 1. The zero-order valence-electron chi connectivity index (χ0n) is 13.0. The van der Waals surface area contributed by atoms with Gasteiger partial charge < -0.3 is 4.74 Å². The van der Waals surface area contributed by atoms with Gasteiger partial charge in [0.15, 0.2) is 11.9 Å². The number of rotatable bonds is 3. The number of hydrogen-bond acceptors (Lipinski definition) is 5. The Balaban J connectivity index is 1.49. The lowest BCUT2D eigenvalue weighted by atomic mass is 9.97. The normalized spacial score (nSPS) is 18.7. The van der Waals surface area contributed by atoms with Crippen molar-refractivity contribution in [2.24, 2.45) is 0 Å². The van der Waals surface area contributed by atoms with E-state index in [1.807, 2.05) is 61.5 Å². The van der Waals surface area contributed by atoms with Crippen molar-refractivity contribution in [3.8, 4) is 17.1 Å². The van der Waals surface area contributed by atoms with Crippen LogP contribution < -0.4 is 10.1 Å². The number of amides is 1. The van der Waals surface area contributed by atoms with Crippen molar-refractivity contribution in [1.29, 1.82) is 0 Å². The molecule has 0 fully saturated rings. The van der Waals surface area contributed by atoms with E-state index in [2.05, 4.69) is 14.7 Å². The molecule has 2 atom stereocenters. The third-order valence-electron chi connectivity index (χ3n) is 4.06. The fraction of sp³-hybridized carbons (Fsp3) is 0.167. The van der Waals surface area contributed by atoms with Gasteiger partial charge in [0, 0.05) is 28.6 Å². The number of benzene rings is 2. The number of carbonyl (C=O) groups excluding carboxylic acids is 1. The predicted molar refractivity (Wildman–Crippen MR) is 93.2 cm³/mol. The van der Waals surface area contributed by atoms with Gasteiger partial charge in [-0.15, -0.1) is 0 Å². The highest BCUT2D eigenvalue weighted by Gasteiger charge is 2.36. The highest BCUT2D eigenvalue weighted by Crippen LogP contribution is 2.38. The lowest BCUT2D eigenvalue weighted by Gasteiger charge is -2.13. The molecule has 120 valence electrons. The lowest BCUT2D eigenvalue weighted by molar-refractivity contribution is -0.122. The summed E-state index contributed by atoms with van der Waals surface area (Å²) in [6.45, 7) is 1.99. The monoisotopic (exact) mass is 337 g/mol. The van der Waals surface area contributed by atoms with Crippen LogP contribution in [-0.4, -0.2) is 21.4 Å². The van der Waals surface area contributed by atoms with E-state index >= 15 is 0 Å². The van der Waals surface area contributed by atoms with Crippen molar-refractivity contribution in [3.63, 3.8) is 0 Å². The average molecular weight is 337 g/mol. The summed E-state index contributed by atoms with van der Waals surface area (Å²) in [6.07, 6.45) is -0.550. The van der Waals surface area contributed by atoms with E-state index in [0.29, 0.717) is 11.0 Å². The summed E-state index contributed by atoms with van der Waals surface area (Å²) >= 11 is 1.17. The number of fused-ring (bicyclic) bond motifs is 1. The molecule has 2 aromatic carbocycles. The van der Waals surface area contributed by atoms with Gasteiger partial charge >= 0.3 is 0 Å². The number of ether oxygens (including phenoxy) is 1. The van der Waals surface area contributed by atoms with Crippen molar-refractivity contribution in [2.75, 3.05) is 5.32 Å². The summed E-state index contributed by atoms with van der Waals surface area (Å²) in [4.78, 5) is 16.9. The molecule has 1 aliphatic rings. The summed E-state index contributed by atoms with van der Waals surface area (Å²) in [7, 11) is 0. The second-order valence-electron chi connectivity index (χ2n) is 5.64. The Labute approximate surface area is 143 Å². The first-order chi connectivity index (χ1) is 11.7. The molecule has 1 N–H and O–H groups in total. The van der Waals surface area contributed by atoms with Crippen LogP contribution in [0, 0.1) is 0 Å². The van der Waals surface area contributed by atoms with Gasteiger partial charge in [0.05, 0.1) is 0 Å². The minimum Gasteiger partial charge on any atom is -0.480 e. The molecule has 5 nitrogen and oxygen atoms in total. The first-order valence-electron chi connectivity index (χ1n) is 7.68. The smallest absolute Gasteiger partial charge is 0.267 e. The summed E-state index contributed by atoms with van der Waals surface area (Å²) in [5.41, 5.74) is 1.98. The quantitative estimate of drug-likeness (QED) is 0.791. The van der Waals surface area contributed by atoms with Crippen LogP contribution in [0.2, 0.25) is 0 Å². The second-order valence-corrected chi connectivity index (χ2v) is 6.40. The number of nitrogens with one attached hydrogen (secondary N) is 1. The average Bonchev–Trinajstić information content (AvgIpc) is 3.21. The van der Waals surface area contributed by atoms with E-state index in [-0.39, 0.29) is 11.8 Å². The Morgan fingerprint density at radius 3 is 2.67 bits per heavy atom. The van der Waals surface area contributed by atoms with E-state index in [1.165, 1.54) is 11.5 Å². The molecule has 1 amide bonds. The zero-order chi connectivity index (χ0) is 16.5. The van der Waals surface area contributed by atoms with E-state index < -0.39 is 6.10 Å². The van der Waals surface area contributed by atoms with Crippen LogP contribution in [0.25, 0.3) is 11.4 Å². The molecule has 3 aromatic rings. The summed E-state index contributed by atoms with van der Waals surface area (Å²) in [6, 6.07) is 17.4. The summed E-state index contributed by atoms with van der Waals surface area (Å²) < 4.78 is 10.1. The molecule has 0 saturated heterocycles. The van der Waals surface area contributed by atoms with Gasteiger partial charge in [0.1, 0.15) is 5.75 Å². The van der Waals surface area contributed by atoms with Gasteiger partial charge in [-0.3, -0.25) is 10.1 Å². The van der Waals surface area contributed by atoms with Crippen molar-refractivity contribution >= 4 is 22.6 Å². The van der Waals surface area contributed by atoms with Gasteiger partial charge in [0.25, 0.3) is 5.91 Å². The Kier molecular flexibility index (Phi) is 3.74. The highest BCUT2D eigenvalue weighted by molar-refractivity contribution is 7.10. The number of aromatic nitrogens is 2.